The van der Waals surface area contributed by atoms with Crippen LogP contribution in [0.1, 0.15) is 30.9 Å². The topological polar surface area (TPSA) is 35.2 Å². The molecule has 0 saturated heterocycles. The van der Waals surface area contributed by atoms with Crippen LogP contribution < -0.4 is 10.5 Å². The molecule has 0 aliphatic heterocycles. The number of rotatable bonds is 3. The molecule has 2 N–H and O–H groups in total. The lowest BCUT2D eigenvalue weighted by Crippen LogP contribution is -1.94. The van der Waals surface area contributed by atoms with Crippen LogP contribution in [0.4, 0.5) is 5.69 Å². The molecule has 0 heterocycles. The lowest BCUT2D eigenvalue weighted by Gasteiger charge is -2.13. The van der Waals surface area contributed by atoms with Crippen LogP contribution in [-0.4, -0.2) is 0 Å². The van der Waals surface area contributed by atoms with Crippen molar-refractivity contribution in [2.24, 2.45) is 0 Å². The minimum atomic E-state index is 0.494. The van der Waals surface area contributed by atoms with E-state index in [1.165, 1.54) is 5.56 Å². The zero-order chi connectivity index (χ0) is 14.0. The Morgan fingerprint density at radius 3 is 2.42 bits per heavy atom. The molecule has 0 aliphatic rings. The molecule has 2 aromatic carbocycles. The Labute approximate surface area is 128 Å². The second-order valence-corrected chi connectivity index (χ2v) is 6.13. The van der Waals surface area contributed by atoms with Crippen LogP contribution in [0.15, 0.2) is 36.4 Å². The van der Waals surface area contributed by atoms with Gasteiger partial charge in [-0.1, -0.05) is 26.0 Å². The molecule has 0 spiro atoms. The summed E-state index contributed by atoms with van der Waals surface area (Å²) >= 11 is 2.24. The van der Waals surface area contributed by atoms with Gasteiger partial charge in [-0.25, -0.2) is 0 Å². The van der Waals surface area contributed by atoms with Crippen molar-refractivity contribution in [3.05, 3.63) is 51.1 Å². The summed E-state index contributed by atoms with van der Waals surface area (Å²) in [6.07, 6.45) is 0. The first kappa shape index (κ1) is 14.2. The van der Waals surface area contributed by atoms with Gasteiger partial charge in [-0.15, -0.1) is 0 Å². The minimum Gasteiger partial charge on any atom is -0.456 e. The average Bonchev–Trinajstić information content (AvgIpc) is 2.34. The second kappa shape index (κ2) is 5.82. The van der Waals surface area contributed by atoms with Gasteiger partial charge in [-0.3, -0.25) is 0 Å². The van der Waals surface area contributed by atoms with Gasteiger partial charge >= 0.3 is 0 Å². The van der Waals surface area contributed by atoms with Crippen LogP contribution in [0.3, 0.4) is 0 Å². The Hall–Kier alpha value is -1.23. The highest BCUT2D eigenvalue weighted by atomic mass is 127. The molecule has 0 aliphatic carbocycles. The van der Waals surface area contributed by atoms with E-state index in [4.69, 9.17) is 10.5 Å². The standard InChI is InChI=1S/C16H18INO/c1-10(2)12-5-4-11(3)16(8-12)19-15-7-6-13(18)9-14(15)17/h4-10H,18H2,1-3H3. The van der Waals surface area contributed by atoms with Gasteiger partial charge in [-0.05, 0) is 70.8 Å². The van der Waals surface area contributed by atoms with Gasteiger partial charge in [-0.2, -0.15) is 0 Å². The van der Waals surface area contributed by atoms with E-state index in [0.29, 0.717) is 5.92 Å². The van der Waals surface area contributed by atoms with E-state index in [9.17, 15) is 0 Å². The van der Waals surface area contributed by atoms with Crippen molar-refractivity contribution < 1.29 is 4.74 Å². The van der Waals surface area contributed by atoms with Crippen molar-refractivity contribution in [2.75, 3.05) is 5.73 Å². The summed E-state index contributed by atoms with van der Waals surface area (Å²) < 4.78 is 7.04. The number of hydrogen-bond donors (Lipinski definition) is 1. The first-order valence-electron chi connectivity index (χ1n) is 6.31. The Kier molecular flexibility index (Phi) is 4.34. The van der Waals surface area contributed by atoms with Gasteiger partial charge in [0.25, 0.3) is 0 Å². The molecule has 2 rings (SSSR count). The Morgan fingerprint density at radius 1 is 1.05 bits per heavy atom. The first-order valence-corrected chi connectivity index (χ1v) is 7.38. The summed E-state index contributed by atoms with van der Waals surface area (Å²) in [5, 5.41) is 0. The number of ether oxygens (including phenoxy) is 1. The quantitative estimate of drug-likeness (QED) is 0.605. The van der Waals surface area contributed by atoms with Crippen molar-refractivity contribution in [1.29, 1.82) is 0 Å². The third kappa shape index (κ3) is 3.41. The molecular weight excluding hydrogens is 349 g/mol. The third-order valence-corrected chi connectivity index (χ3v) is 3.90. The molecule has 0 aromatic heterocycles. The number of nitrogens with two attached hydrogens (primary N) is 1. The number of halogens is 1. The fourth-order valence-corrected chi connectivity index (χ4v) is 2.45. The van der Waals surface area contributed by atoms with Gasteiger partial charge < -0.3 is 10.5 Å². The molecule has 0 bridgehead atoms. The summed E-state index contributed by atoms with van der Waals surface area (Å²) in [6.45, 7) is 6.42. The summed E-state index contributed by atoms with van der Waals surface area (Å²) in [7, 11) is 0. The zero-order valence-electron chi connectivity index (χ0n) is 11.4. The highest BCUT2D eigenvalue weighted by Crippen LogP contribution is 2.32. The van der Waals surface area contributed by atoms with E-state index in [-0.39, 0.29) is 0 Å². The van der Waals surface area contributed by atoms with Gasteiger partial charge in [0.1, 0.15) is 11.5 Å². The maximum absolute atomic E-state index is 6.02. The summed E-state index contributed by atoms with van der Waals surface area (Å²) in [5.74, 6) is 2.25. The van der Waals surface area contributed by atoms with Crippen LogP contribution in [0, 0.1) is 10.5 Å². The highest BCUT2D eigenvalue weighted by Gasteiger charge is 2.08. The maximum Gasteiger partial charge on any atom is 0.140 e. The number of hydrogen-bond acceptors (Lipinski definition) is 2. The molecular formula is C16H18INO. The predicted molar refractivity (Wildman–Crippen MR) is 88.9 cm³/mol. The monoisotopic (exact) mass is 367 g/mol. The SMILES string of the molecule is Cc1ccc(C(C)C)cc1Oc1ccc(N)cc1I. The molecule has 2 aromatic rings. The van der Waals surface area contributed by atoms with E-state index in [2.05, 4.69) is 61.6 Å². The largest absolute Gasteiger partial charge is 0.456 e. The highest BCUT2D eigenvalue weighted by molar-refractivity contribution is 14.1. The molecule has 0 saturated carbocycles. The lowest BCUT2D eigenvalue weighted by atomic mass is 10.0. The number of aryl methyl sites for hydroxylation is 1. The van der Waals surface area contributed by atoms with E-state index in [1.54, 1.807) is 0 Å². The van der Waals surface area contributed by atoms with Crippen LogP contribution >= 0.6 is 22.6 Å². The van der Waals surface area contributed by atoms with E-state index in [0.717, 1.165) is 26.3 Å². The summed E-state index contributed by atoms with van der Waals surface area (Å²) in [5.41, 5.74) is 8.93. The average molecular weight is 367 g/mol. The van der Waals surface area contributed by atoms with Gasteiger partial charge in [0.15, 0.2) is 0 Å². The van der Waals surface area contributed by atoms with Crippen LogP contribution in [0.5, 0.6) is 11.5 Å². The number of anilines is 1. The van der Waals surface area contributed by atoms with Gasteiger partial charge in [0.2, 0.25) is 0 Å². The normalized spacial score (nSPS) is 10.8. The van der Waals surface area contributed by atoms with Crippen molar-refractivity contribution in [3.8, 4) is 11.5 Å². The lowest BCUT2D eigenvalue weighted by molar-refractivity contribution is 0.474. The molecule has 0 unspecified atom stereocenters. The van der Waals surface area contributed by atoms with Gasteiger partial charge in [0.05, 0.1) is 3.57 Å². The molecule has 0 radical (unpaired) electrons. The Bertz CT molecular complexity index is 593. The molecule has 100 valence electrons. The van der Waals surface area contributed by atoms with Gasteiger partial charge in [0, 0.05) is 5.69 Å². The first-order chi connectivity index (χ1) is 8.97. The number of benzene rings is 2. The smallest absolute Gasteiger partial charge is 0.140 e. The van der Waals surface area contributed by atoms with Crippen molar-refractivity contribution in [3.63, 3.8) is 0 Å². The third-order valence-electron chi connectivity index (χ3n) is 3.05. The number of nitrogen functional groups attached to an aromatic ring is 1. The second-order valence-electron chi connectivity index (χ2n) is 4.97. The fourth-order valence-electron chi connectivity index (χ4n) is 1.80. The Balaban J connectivity index is 2.34. The van der Waals surface area contributed by atoms with Crippen LogP contribution in [0.25, 0.3) is 0 Å². The molecule has 0 atom stereocenters. The Morgan fingerprint density at radius 2 is 1.79 bits per heavy atom. The molecule has 0 amide bonds. The molecule has 3 heteroatoms. The van der Waals surface area contributed by atoms with E-state index >= 15 is 0 Å². The van der Waals surface area contributed by atoms with E-state index < -0.39 is 0 Å². The zero-order valence-corrected chi connectivity index (χ0v) is 13.6. The van der Waals surface area contributed by atoms with Crippen molar-refractivity contribution >= 4 is 28.3 Å². The molecule has 0 fully saturated rings. The predicted octanol–water partition coefficient (Wildman–Crippen LogP) is 5.10. The van der Waals surface area contributed by atoms with Crippen LogP contribution in [-0.2, 0) is 0 Å². The van der Waals surface area contributed by atoms with E-state index in [1.807, 2.05) is 18.2 Å². The molecule has 2 nitrogen and oxygen atoms in total. The maximum atomic E-state index is 6.02. The minimum absolute atomic E-state index is 0.494. The summed E-state index contributed by atoms with van der Waals surface area (Å²) in [4.78, 5) is 0. The molecule has 19 heavy (non-hydrogen) atoms. The van der Waals surface area contributed by atoms with Crippen molar-refractivity contribution in [1.82, 2.24) is 0 Å². The summed E-state index contributed by atoms with van der Waals surface area (Å²) in [6, 6.07) is 12.1. The van der Waals surface area contributed by atoms with Crippen molar-refractivity contribution in [2.45, 2.75) is 26.7 Å². The van der Waals surface area contributed by atoms with Crippen LogP contribution in [0.2, 0.25) is 0 Å². The fraction of sp³-hybridized carbons (Fsp3) is 0.250.